The Balaban J connectivity index is 1.26. The van der Waals surface area contributed by atoms with Crippen LogP contribution in [-0.4, -0.2) is 44.6 Å². The van der Waals surface area contributed by atoms with Gasteiger partial charge in [0.15, 0.2) is 0 Å². The van der Waals surface area contributed by atoms with Crippen LogP contribution in [0.3, 0.4) is 0 Å². The number of hydrogen-bond acceptors (Lipinski definition) is 8. The number of amides is 2. The zero-order valence-corrected chi connectivity index (χ0v) is 28.8. The van der Waals surface area contributed by atoms with E-state index in [1.54, 1.807) is 17.0 Å². The summed E-state index contributed by atoms with van der Waals surface area (Å²) in [6.07, 6.45) is -1.06. The number of hydrogen-bond donors (Lipinski definition) is 4. The van der Waals surface area contributed by atoms with Crippen LogP contribution >= 0.6 is 0 Å². The summed E-state index contributed by atoms with van der Waals surface area (Å²) in [5.41, 5.74) is 12.9. The van der Waals surface area contributed by atoms with E-state index >= 15 is 0 Å². The molecule has 0 fully saturated rings. The zero-order chi connectivity index (χ0) is 36.0. The van der Waals surface area contributed by atoms with Crippen LogP contribution in [-0.2, 0) is 22.6 Å². The number of aliphatic hydroxyl groups is 1. The molecule has 2 amide bonds. The topological polar surface area (TPSA) is 135 Å². The van der Waals surface area contributed by atoms with Crippen LogP contribution in [0.5, 0.6) is 5.75 Å². The molecule has 0 saturated carbocycles. The summed E-state index contributed by atoms with van der Waals surface area (Å²) in [4.78, 5) is 26.1. The molecule has 0 aliphatic carbocycles. The van der Waals surface area contributed by atoms with Crippen molar-refractivity contribution in [2.45, 2.75) is 31.6 Å². The van der Waals surface area contributed by atoms with Gasteiger partial charge < -0.3 is 30.4 Å². The normalized spacial score (nSPS) is 12.0. The maximum Gasteiger partial charge on any atom is 0.414 e. The number of carbonyl (C=O) groups is 2. The fraction of sp³-hybridized carbons (Fsp3) is 0.220. The standard InChI is InChI=1S/C41H44N4O6/c1-49-40(47)44-34-18-13-31(14-19-34)36(32-15-20-35(21-16-32)45(41(48)50-2)27-29-9-5-3-6-10-29)23-24-43-26-38(46)33-17-22-39(37(42)25-33)51-28-30-11-7-4-8-12-30/h3-22,25,36,38,43,46H,23-24,26-28,42H2,1-2H3,(H,44,47)/t36?,38-/m0/s1. The van der Waals surface area contributed by atoms with E-state index < -0.39 is 18.3 Å². The second-order valence-electron chi connectivity index (χ2n) is 12.0. The second-order valence-corrected chi connectivity index (χ2v) is 12.0. The molecule has 2 atom stereocenters. The number of nitrogens with zero attached hydrogens (tertiary/aromatic N) is 1. The van der Waals surface area contributed by atoms with Crippen molar-refractivity contribution in [3.63, 3.8) is 0 Å². The molecule has 0 bridgehead atoms. The minimum Gasteiger partial charge on any atom is -0.487 e. The number of nitrogens with one attached hydrogen (secondary N) is 2. The molecule has 5 rings (SSSR count). The minimum atomic E-state index is -0.772. The van der Waals surface area contributed by atoms with E-state index in [4.69, 9.17) is 19.9 Å². The molecule has 0 radical (unpaired) electrons. The summed E-state index contributed by atoms with van der Waals surface area (Å²) in [5.74, 6) is 0.535. The number of aliphatic hydroxyl groups excluding tert-OH is 1. The molecule has 0 aliphatic heterocycles. The first-order valence-electron chi connectivity index (χ1n) is 16.7. The maximum absolute atomic E-state index is 12.8. The number of benzene rings is 5. The largest absolute Gasteiger partial charge is 0.487 e. The van der Waals surface area contributed by atoms with Gasteiger partial charge in [-0.3, -0.25) is 10.2 Å². The van der Waals surface area contributed by atoms with Gasteiger partial charge in [0.1, 0.15) is 12.4 Å². The average Bonchev–Trinajstić information content (AvgIpc) is 3.17. The van der Waals surface area contributed by atoms with Crippen LogP contribution in [0.4, 0.5) is 26.7 Å². The molecule has 264 valence electrons. The molecule has 10 nitrogen and oxygen atoms in total. The molecule has 5 aromatic rings. The van der Waals surface area contributed by atoms with E-state index in [-0.39, 0.29) is 5.92 Å². The fourth-order valence-electron chi connectivity index (χ4n) is 5.76. The maximum atomic E-state index is 12.8. The van der Waals surface area contributed by atoms with Crippen molar-refractivity contribution in [3.05, 3.63) is 155 Å². The van der Waals surface area contributed by atoms with E-state index in [9.17, 15) is 14.7 Å². The van der Waals surface area contributed by atoms with Crippen molar-refractivity contribution in [2.24, 2.45) is 0 Å². The number of anilines is 3. The number of nitrogens with two attached hydrogens (primary N) is 1. The van der Waals surface area contributed by atoms with Crippen molar-refractivity contribution in [3.8, 4) is 5.75 Å². The number of ether oxygens (including phenoxy) is 3. The van der Waals surface area contributed by atoms with Crippen molar-refractivity contribution >= 4 is 29.2 Å². The van der Waals surface area contributed by atoms with Crippen molar-refractivity contribution in [2.75, 3.05) is 43.3 Å². The quantitative estimate of drug-likeness (QED) is 0.0651. The molecule has 0 saturated heterocycles. The average molecular weight is 689 g/mol. The van der Waals surface area contributed by atoms with Crippen molar-refractivity contribution < 1.29 is 28.9 Å². The molecule has 5 aromatic carbocycles. The predicted octanol–water partition coefficient (Wildman–Crippen LogP) is 7.64. The van der Waals surface area contributed by atoms with Crippen LogP contribution in [0.1, 0.15) is 46.3 Å². The first kappa shape index (κ1) is 36.4. The Morgan fingerprint density at radius 1 is 0.765 bits per heavy atom. The Hall–Kier alpha value is -5.84. The smallest absolute Gasteiger partial charge is 0.414 e. The van der Waals surface area contributed by atoms with Gasteiger partial charge in [-0.1, -0.05) is 91.0 Å². The number of nitrogen functional groups attached to an aromatic ring is 1. The highest BCUT2D eigenvalue weighted by Crippen LogP contribution is 2.31. The van der Waals surface area contributed by atoms with Gasteiger partial charge in [0.2, 0.25) is 0 Å². The lowest BCUT2D eigenvalue weighted by molar-refractivity contribution is 0.174. The fourth-order valence-corrected chi connectivity index (χ4v) is 5.76. The summed E-state index contributed by atoms with van der Waals surface area (Å²) in [5, 5.41) is 17.1. The van der Waals surface area contributed by atoms with Crippen LogP contribution in [0.2, 0.25) is 0 Å². The van der Waals surface area contributed by atoms with Gasteiger partial charge in [-0.25, -0.2) is 9.59 Å². The molecule has 0 spiro atoms. The molecule has 10 heteroatoms. The highest BCUT2D eigenvalue weighted by Gasteiger charge is 2.20. The highest BCUT2D eigenvalue weighted by molar-refractivity contribution is 5.87. The van der Waals surface area contributed by atoms with E-state index in [1.165, 1.54) is 14.2 Å². The first-order chi connectivity index (χ1) is 24.8. The summed E-state index contributed by atoms with van der Waals surface area (Å²) < 4.78 is 15.7. The van der Waals surface area contributed by atoms with Gasteiger partial charge in [-0.15, -0.1) is 0 Å². The molecular formula is C41H44N4O6. The molecule has 1 unspecified atom stereocenters. The lowest BCUT2D eigenvalue weighted by atomic mass is 9.88. The van der Waals surface area contributed by atoms with Gasteiger partial charge in [0.05, 0.1) is 32.6 Å². The van der Waals surface area contributed by atoms with Gasteiger partial charge in [-0.2, -0.15) is 0 Å². The number of methoxy groups -OCH3 is 2. The Kier molecular flexibility index (Phi) is 13.0. The third-order valence-corrected chi connectivity index (χ3v) is 8.53. The van der Waals surface area contributed by atoms with Crippen molar-refractivity contribution in [1.29, 1.82) is 0 Å². The van der Waals surface area contributed by atoms with Crippen LogP contribution < -0.4 is 26.0 Å². The van der Waals surface area contributed by atoms with Gasteiger partial charge >= 0.3 is 12.2 Å². The predicted molar refractivity (Wildman–Crippen MR) is 200 cm³/mol. The molecular weight excluding hydrogens is 644 g/mol. The third-order valence-electron chi connectivity index (χ3n) is 8.53. The first-order valence-corrected chi connectivity index (χ1v) is 16.7. The second kappa shape index (κ2) is 18.2. The Morgan fingerprint density at radius 2 is 1.37 bits per heavy atom. The zero-order valence-electron chi connectivity index (χ0n) is 28.8. The number of rotatable bonds is 15. The molecule has 0 aliphatic rings. The highest BCUT2D eigenvalue weighted by atomic mass is 16.5. The monoisotopic (exact) mass is 688 g/mol. The lowest BCUT2D eigenvalue weighted by Gasteiger charge is -2.23. The van der Waals surface area contributed by atoms with Gasteiger partial charge in [-0.05, 0) is 77.2 Å². The van der Waals surface area contributed by atoms with Gasteiger partial charge in [0.25, 0.3) is 0 Å². The summed E-state index contributed by atoms with van der Waals surface area (Å²) >= 11 is 0. The Bertz CT molecular complexity index is 1840. The molecule has 5 N–H and O–H groups in total. The van der Waals surface area contributed by atoms with Crippen LogP contribution in [0.25, 0.3) is 0 Å². The molecule has 51 heavy (non-hydrogen) atoms. The minimum absolute atomic E-state index is 0.0340. The van der Waals surface area contributed by atoms with E-state index in [0.29, 0.717) is 61.0 Å². The lowest BCUT2D eigenvalue weighted by Crippen LogP contribution is -2.30. The molecule has 0 heterocycles. The van der Waals surface area contributed by atoms with E-state index in [1.807, 2.05) is 115 Å². The van der Waals surface area contributed by atoms with Crippen LogP contribution in [0, 0.1) is 0 Å². The summed E-state index contributed by atoms with van der Waals surface area (Å²) in [6.45, 7) is 1.69. The summed E-state index contributed by atoms with van der Waals surface area (Å²) in [6, 6.07) is 40.4. The molecule has 0 aromatic heterocycles. The van der Waals surface area contributed by atoms with Crippen LogP contribution in [0.15, 0.2) is 127 Å². The third kappa shape index (κ3) is 10.3. The number of carbonyl (C=O) groups excluding carboxylic acids is 2. The Morgan fingerprint density at radius 3 is 1.98 bits per heavy atom. The van der Waals surface area contributed by atoms with Crippen molar-refractivity contribution in [1.82, 2.24) is 5.32 Å². The summed E-state index contributed by atoms with van der Waals surface area (Å²) in [7, 11) is 2.69. The Labute approximate surface area is 298 Å². The SMILES string of the molecule is COC(=O)Nc1ccc(C(CCNC[C@H](O)c2ccc(OCc3ccccc3)c(N)c2)c2ccc(N(Cc3ccccc3)C(=O)OC)cc2)cc1. The van der Waals surface area contributed by atoms with E-state index in [2.05, 4.69) is 10.6 Å². The van der Waals surface area contributed by atoms with E-state index in [0.717, 1.165) is 22.3 Å². The van der Waals surface area contributed by atoms with Gasteiger partial charge in [0, 0.05) is 23.8 Å².